The Morgan fingerprint density at radius 1 is 1.42 bits per heavy atom. The van der Waals surface area contributed by atoms with Crippen molar-refractivity contribution in [3.05, 3.63) is 15.8 Å². The van der Waals surface area contributed by atoms with Gasteiger partial charge in [-0.1, -0.05) is 27.7 Å². The lowest BCUT2D eigenvalue weighted by Gasteiger charge is -2.29. The zero-order chi connectivity index (χ0) is 14.8. The summed E-state index contributed by atoms with van der Waals surface area (Å²) in [6.07, 6.45) is 0. The Bertz CT molecular complexity index is 531. The van der Waals surface area contributed by atoms with Gasteiger partial charge in [-0.25, -0.2) is 13.1 Å². The van der Waals surface area contributed by atoms with Crippen LogP contribution in [0.15, 0.2) is 11.0 Å². The maximum atomic E-state index is 12.3. The molecule has 0 atom stereocenters. The maximum absolute atomic E-state index is 12.3. The molecule has 0 saturated heterocycles. The lowest BCUT2D eigenvalue weighted by Crippen LogP contribution is -2.37. The van der Waals surface area contributed by atoms with Crippen molar-refractivity contribution in [3.8, 4) is 0 Å². The van der Waals surface area contributed by atoms with Crippen LogP contribution < -0.4 is 10.5 Å². The summed E-state index contributed by atoms with van der Waals surface area (Å²) < 4.78 is 27.3. The topological polar surface area (TPSA) is 72.2 Å². The molecule has 0 saturated carbocycles. The van der Waals surface area contributed by atoms with Crippen LogP contribution in [0.3, 0.4) is 0 Å². The highest BCUT2D eigenvalue weighted by Gasteiger charge is 2.26. The van der Waals surface area contributed by atoms with E-state index in [-0.39, 0.29) is 5.41 Å². The largest absolute Gasteiger partial charge is 0.326 e. The SMILES string of the molecule is Cc1sc(CN)cc1S(=O)(=O)NCC(C)(C)C(C)C. The fourth-order valence-electron chi connectivity index (χ4n) is 1.45. The average molecular weight is 304 g/mol. The molecule has 1 heterocycles. The molecule has 0 spiro atoms. The highest BCUT2D eigenvalue weighted by atomic mass is 32.2. The lowest BCUT2D eigenvalue weighted by atomic mass is 9.81. The van der Waals surface area contributed by atoms with Crippen LogP contribution in [-0.4, -0.2) is 15.0 Å². The number of hydrogen-bond donors (Lipinski definition) is 2. The van der Waals surface area contributed by atoms with Crippen LogP contribution in [0.5, 0.6) is 0 Å². The van der Waals surface area contributed by atoms with Crippen LogP contribution in [-0.2, 0) is 16.6 Å². The Morgan fingerprint density at radius 3 is 2.42 bits per heavy atom. The van der Waals surface area contributed by atoms with Gasteiger partial charge in [0.05, 0.1) is 4.90 Å². The molecule has 6 heteroatoms. The molecule has 0 unspecified atom stereocenters. The first kappa shape index (κ1) is 16.6. The van der Waals surface area contributed by atoms with Gasteiger partial charge >= 0.3 is 0 Å². The van der Waals surface area contributed by atoms with Crippen LogP contribution in [0.2, 0.25) is 0 Å². The van der Waals surface area contributed by atoms with Gasteiger partial charge in [-0.05, 0) is 24.3 Å². The Labute approximate surface area is 120 Å². The van der Waals surface area contributed by atoms with Gasteiger partial charge in [0, 0.05) is 22.8 Å². The molecule has 0 fully saturated rings. The third kappa shape index (κ3) is 4.02. The molecule has 0 radical (unpaired) electrons. The molecule has 0 amide bonds. The van der Waals surface area contributed by atoms with Gasteiger partial charge < -0.3 is 5.73 Å². The highest BCUT2D eigenvalue weighted by Crippen LogP contribution is 2.28. The van der Waals surface area contributed by atoms with Gasteiger partial charge in [-0.15, -0.1) is 11.3 Å². The summed E-state index contributed by atoms with van der Waals surface area (Å²) in [5.74, 6) is 0.401. The van der Waals surface area contributed by atoms with Crippen molar-refractivity contribution in [2.75, 3.05) is 6.54 Å². The molecule has 0 bridgehead atoms. The first-order valence-corrected chi connectivity index (χ1v) is 8.69. The minimum absolute atomic E-state index is 0.0757. The van der Waals surface area contributed by atoms with Crippen molar-refractivity contribution >= 4 is 21.4 Å². The van der Waals surface area contributed by atoms with Crippen LogP contribution in [0, 0.1) is 18.3 Å². The summed E-state index contributed by atoms with van der Waals surface area (Å²) in [7, 11) is -3.44. The van der Waals surface area contributed by atoms with E-state index in [1.165, 1.54) is 11.3 Å². The normalized spacial score (nSPS) is 13.2. The van der Waals surface area contributed by atoms with Crippen molar-refractivity contribution in [2.24, 2.45) is 17.1 Å². The fraction of sp³-hybridized carbons (Fsp3) is 0.692. The molecular formula is C13H24N2O2S2. The van der Waals surface area contributed by atoms with E-state index in [0.29, 0.717) is 23.9 Å². The first-order chi connectivity index (χ1) is 8.60. The predicted octanol–water partition coefficient (Wildman–Crippen LogP) is 2.48. The highest BCUT2D eigenvalue weighted by molar-refractivity contribution is 7.89. The third-order valence-corrected chi connectivity index (χ3v) is 6.42. The summed E-state index contributed by atoms with van der Waals surface area (Å²) in [5.41, 5.74) is 5.48. The van der Waals surface area contributed by atoms with E-state index in [2.05, 4.69) is 32.4 Å². The van der Waals surface area contributed by atoms with Crippen molar-refractivity contribution in [2.45, 2.75) is 46.1 Å². The van der Waals surface area contributed by atoms with Gasteiger partial charge in [0.1, 0.15) is 0 Å². The maximum Gasteiger partial charge on any atom is 0.241 e. The quantitative estimate of drug-likeness (QED) is 0.848. The predicted molar refractivity (Wildman–Crippen MR) is 80.8 cm³/mol. The second-order valence-corrected chi connectivity index (χ2v) is 8.88. The van der Waals surface area contributed by atoms with Crippen LogP contribution in [0.25, 0.3) is 0 Å². The molecule has 1 rings (SSSR count). The molecule has 0 aromatic carbocycles. The standard InChI is InChI=1S/C13H24N2O2S2/c1-9(2)13(4,5)8-15-19(16,17)12-6-11(7-14)18-10(12)3/h6,9,15H,7-8,14H2,1-5H3. The van der Waals surface area contributed by atoms with Crippen molar-refractivity contribution in [3.63, 3.8) is 0 Å². The molecule has 1 aromatic heterocycles. The van der Waals surface area contributed by atoms with E-state index in [1.54, 1.807) is 6.07 Å². The van der Waals surface area contributed by atoms with E-state index in [0.717, 1.165) is 9.75 Å². The first-order valence-electron chi connectivity index (χ1n) is 6.39. The second-order valence-electron chi connectivity index (χ2n) is 5.81. The molecule has 19 heavy (non-hydrogen) atoms. The van der Waals surface area contributed by atoms with E-state index < -0.39 is 10.0 Å². The number of thiophene rings is 1. The number of hydrogen-bond acceptors (Lipinski definition) is 4. The number of aryl methyl sites for hydroxylation is 1. The monoisotopic (exact) mass is 304 g/mol. The molecule has 4 nitrogen and oxygen atoms in total. The third-order valence-electron chi connectivity index (χ3n) is 3.69. The smallest absolute Gasteiger partial charge is 0.241 e. The van der Waals surface area contributed by atoms with E-state index >= 15 is 0 Å². The van der Waals surface area contributed by atoms with Crippen molar-refractivity contribution < 1.29 is 8.42 Å². The Morgan fingerprint density at radius 2 is 2.00 bits per heavy atom. The molecule has 0 aliphatic rings. The molecule has 3 N–H and O–H groups in total. The number of rotatable bonds is 6. The minimum atomic E-state index is -3.44. The van der Waals surface area contributed by atoms with Gasteiger partial charge in [0.2, 0.25) is 10.0 Å². The zero-order valence-electron chi connectivity index (χ0n) is 12.3. The van der Waals surface area contributed by atoms with Gasteiger partial charge in [0.15, 0.2) is 0 Å². The summed E-state index contributed by atoms with van der Waals surface area (Å²) in [6, 6.07) is 1.67. The van der Waals surface area contributed by atoms with Gasteiger partial charge in [-0.2, -0.15) is 0 Å². The van der Waals surface area contributed by atoms with Crippen molar-refractivity contribution in [1.82, 2.24) is 4.72 Å². The van der Waals surface area contributed by atoms with Gasteiger partial charge in [0.25, 0.3) is 0 Å². The average Bonchev–Trinajstić information content (AvgIpc) is 2.69. The lowest BCUT2D eigenvalue weighted by molar-refractivity contribution is 0.252. The van der Waals surface area contributed by atoms with Crippen LogP contribution in [0.4, 0.5) is 0 Å². The summed E-state index contributed by atoms with van der Waals surface area (Å²) in [6.45, 7) is 10.9. The van der Waals surface area contributed by atoms with Crippen LogP contribution >= 0.6 is 11.3 Å². The Balaban J connectivity index is 2.90. The Kier molecular flexibility index (Phi) is 5.17. The van der Waals surface area contributed by atoms with Crippen LogP contribution in [0.1, 0.15) is 37.4 Å². The summed E-state index contributed by atoms with van der Waals surface area (Å²) >= 11 is 1.44. The minimum Gasteiger partial charge on any atom is -0.326 e. The summed E-state index contributed by atoms with van der Waals surface area (Å²) in [4.78, 5) is 2.04. The molecule has 1 aromatic rings. The van der Waals surface area contributed by atoms with E-state index in [4.69, 9.17) is 5.73 Å². The van der Waals surface area contributed by atoms with E-state index in [1.807, 2.05) is 6.92 Å². The molecule has 0 aliphatic heterocycles. The molecule has 110 valence electrons. The Hall–Kier alpha value is -0.430. The number of nitrogens with one attached hydrogen (secondary N) is 1. The summed E-state index contributed by atoms with van der Waals surface area (Å²) in [5, 5.41) is 0. The zero-order valence-corrected chi connectivity index (χ0v) is 13.9. The van der Waals surface area contributed by atoms with Crippen molar-refractivity contribution in [1.29, 1.82) is 0 Å². The number of nitrogens with two attached hydrogens (primary N) is 1. The van der Waals surface area contributed by atoms with Gasteiger partial charge in [-0.3, -0.25) is 0 Å². The molecule has 0 aliphatic carbocycles. The molecular weight excluding hydrogens is 280 g/mol. The fourth-order valence-corrected chi connectivity index (χ4v) is 4.19. The second kappa shape index (κ2) is 5.91. The number of sulfonamides is 1. The van der Waals surface area contributed by atoms with E-state index in [9.17, 15) is 8.42 Å².